The Morgan fingerprint density at radius 1 is 1.29 bits per heavy atom. The van der Waals surface area contributed by atoms with Crippen LogP contribution in [0.4, 0.5) is 5.69 Å². The van der Waals surface area contributed by atoms with Gasteiger partial charge in [0.25, 0.3) is 0 Å². The zero-order valence-corrected chi connectivity index (χ0v) is 11.3. The number of aromatic nitrogens is 1. The monoisotopic (exact) mass is 230 g/mol. The molecule has 0 fully saturated rings. The lowest BCUT2D eigenvalue weighted by Gasteiger charge is -2.29. The van der Waals surface area contributed by atoms with Crippen molar-refractivity contribution >= 4 is 11.3 Å². The Balaban J connectivity index is 2.39. The van der Waals surface area contributed by atoms with E-state index in [-0.39, 0.29) is 0 Å². The summed E-state index contributed by atoms with van der Waals surface area (Å²) in [5.41, 5.74) is 12.0. The zero-order valence-electron chi connectivity index (χ0n) is 11.3. The highest BCUT2D eigenvalue weighted by molar-refractivity contribution is 5.74. The van der Waals surface area contributed by atoms with Gasteiger partial charge >= 0.3 is 0 Å². The van der Waals surface area contributed by atoms with Gasteiger partial charge in [0, 0.05) is 5.69 Å². The van der Waals surface area contributed by atoms with E-state index in [9.17, 15) is 0 Å². The van der Waals surface area contributed by atoms with Crippen LogP contribution >= 0.6 is 0 Å². The molecule has 1 aromatic rings. The van der Waals surface area contributed by atoms with Crippen molar-refractivity contribution in [3.63, 3.8) is 0 Å². The van der Waals surface area contributed by atoms with E-state index < -0.39 is 0 Å². The summed E-state index contributed by atoms with van der Waals surface area (Å²) in [6, 6.07) is 2.05. The summed E-state index contributed by atoms with van der Waals surface area (Å²) < 4.78 is 0. The van der Waals surface area contributed by atoms with Crippen LogP contribution in [0.3, 0.4) is 0 Å². The predicted octanol–water partition coefficient (Wildman–Crippen LogP) is 3.87. The molecule has 1 heterocycles. The topological polar surface area (TPSA) is 38.9 Å². The summed E-state index contributed by atoms with van der Waals surface area (Å²) in [6.07, 6.45) is 5.75. The highest BCUT2D eigenvalue weighted by Crippen LogP contribution is 2.39. The molecule has 0 saturated heterocycles. The molecule has 2 nitrogen and oxygen atoms in total. The normalized spacial score (nSPS) is 18.9. The first-order valence-electron chi connectivity index (χ1n) is 6.32. The highest BCUT2D eigenvalue weighted by atomic mass is 14.8. The van der Waals surface area contributed by atoms with Crippen LogP contribution in [0.5, 0.6) is 0 Å². The lowest BCUT2D eigenvalue weighted by molar-refractivity contribution is 0.335. The fourth-order valence-electron chi connectivity index (χ4n) is 2.38. The van der Waals surface area contributed by atoms with Crippen molar-refractivity contribution in [1.82, 2.24) is 4.98 Å². The molecule has 1 aliphatic rings. The lowest BCUT2D eigenvalue weighted by Crippen LogP contribution is -2.15. The molecule has 0 aliphatic heterocycles. The third kappa shape index (κ3) is 2.51. The van der Waals surface area contributed by atoms with E-state index >= 15 is 0 Å². The third-order valence-corrected chi connectivity index (χ3v) is 3.67. The molecule has 17 heavy (non-hydrogen) atoms. The van der Waals surface area contributed by atoms with Crippen LogP contribution in [-0.4, -0.2) is 4.98 Å². The smallest absolute Gasteiger partial charge is 0.0893 e. The first kappa shape index (κ1) is 12.2. The molecule has 0 unspecified atom stereocenters. The molecule has 2 heteroatoms. The average molecular weight is 230 g/mol. The highest BCUT2D eigenvalue weighted by Gasteiger charge is 2.23. The zero-order chi connectivity index (χ0) is 12.6. The Bertz CT molecular complexity index is 470. The van der Waals surface area contributed by atoms with Gasteiger partial charge in [0.1, 0.15) is 0 Å². The van der Waals surface area contributed by atoms with Crippen molar-refractivity contribution in [2.75, 3.05) is 5.73 Å². The lowest BCUT2D eigenvalue weighted by atomic mass is 9.77. The molecule has 92 valence electrons. The Hall–Kier alpha value is -1.31. The minimum absolute atomic E-state index is 0.428. The van der Waals surface area contributed by atoms with Gasteiger partial charge in [-0.1, -0.05) is 19.9 Å². The molecule has 0 bridgehead atoms. The second-order valence-corrected chi connectivity index (χ2v) is 5.94. The standard InChI is InChI=1S/C15H22N2/c1-10-9-11(2)17-14(13(10)16)12-5-7-15(3,4)8-6-12/h5,9H,6-8,16H2,1-4H3. The summed E-state index contributed by atoms with van der Waals surface area (Å²) in [4.78, 5) is 4.61. The molecule has 0 atom stereocenters. The molecular weight excluding hydrogens is 208 g/mol. The van der Waals surface area contributed by atoms with Gasteiger partial charge in [-0.15, -0.1) is 0 Å². The number of aryl methyl sites for hydroxylation is 2. The third-order valence-electron chi connectivity index (χ3n) is 3.67. The van der Waals surface area contributed by atoms with Gasteiger partial charge in [-0.25, -0.2) is 0 Å². The number of hydrogen-bond donors (Lipinski definition) is 1. The second-order valence-electron chi connectivity index (χ2n) is 5.94. The number of allylic oxidation sites excluding steroid dienone is 2. The summed E-state index contributed by atoms with van der Waals surface area (Å²) >= 11 is 0. The number of nitrogens with two attached hydrogens (primary N) is 1. The predicted molar refractivity (Wildman–Crippen MR) is 73.7 cm³/mol. The minimum Gasteiger partial charge on any atom is -0.397 e. The van der Waals surface area contributed by atoms with Crippen LogP contribution in [0.15, 0.2) is 12.1 Å². The summed E-state index contributed by atoms with van der Waals surface area (Å²) in [5.74, 6) is 0. The Morgan fingerprint density at radius 2 is 2.00 bits per heavy atom. The van der Waals surface area contributed by atoms with E-state index in [4.69, 9.17) is 5.73 Å². The van der Waals surface area contributed by atoms with Crippen LogP contribution < -0.4 is 5.73 Å². The van der Waals surface area contributed by atoms with Crippen LogP contribution in [0.25, 0.3) is 5.57 Å². The van der Waals surface area contributed by atoms with E-state index in [0.29, 0.717) is 5.41 Å². The molecule has 1 aromatic heterocycles. The summed E-state index contributed by atoms with van der Waals surface area (Å²) in [7, 11) is 0. The molecule has 0 radical (unpaired) electrons. The van der Waals surface area contributed by atoms with Crippen molar-refractivity contribution in [1.29, 1.82) is 0 Å². The number of pyridine rings is 1. The number of hydrogen-bond acceptors (Lipinski definition) is 2. The second kappa shape index (κ2) is 4.17. The van der Waals surface area contributed by atoms with E-state index in [1.54, 1.807) is 0 Å². The van der Waals surface area contributed by atoms with Crippen LogP contribution in [0, 0.1) is 19.3 Å². The van der Waals surface area contributed by atoms with E-state index in [0.717, 1.165) is 35.5 Å². The van der Waals surface area contributed by atoms with Crippen LogP contribution in [-0.2, 0) is 0 Å². The SMILES string of the molecule is Cc1cc(C)c(N)c(C2=CCC(C)(C)CC2)n1. The molecular formula is C15H22N2. The Labute approximate surface area is 104 Å². The van der Waals surface area contributed by atoms with E-state index in [1.165, 1.54) is 12.0 Å². The fourth-order valence-corrected chi connectivity index (χ4v) is 2.38. The maximum atomic E-state index is 6.15. The minimum atomic E-state index is 0.428. The van der Waals surface area contributed by atoms with E-state index in [1.807, 2.05) is 13.0 Å². The molecule has 2 rings (SSSR count). The Kier molecular flexibility index (Phi) is 2.98. The number of anilines is 1. The van der Waals surface area contributed by atoms with Crippen LogP contribution in [0.1, 0.15) is 50.1 Å². The van der Waals surface area contributed by atoms with Crippen molar-refractivity contribution in [2.24, 2.45) is 5.41 Å². The van der Waals surface area contributed by atoms with Gasteiger partial charge in [0.05, 0.1) is 11.4 Å². The molecule has 0 spiro atoms. The van der Waals surface area contributed by atoms with Crippen molar-refractivity contribution < 1.29 is 0 Å². The molecule has 0 amide bonds. The van der Waals surface area contributed by atoms with Crippen LogP contribution in [0.2, 0.25) is 0 Å². The van der Waals surface area contributed by atoms with Gasteiger partial charge in [-0.3, -0.25) is 4.98 Å². The van der Waals surface area contributed by atoms with Gasteiger partial charge in [-0.2, -0.15) is 0 Å². The van der Waals surface area contributed by atoms with Crippen molar-refractivity contribution in [3.05, 3.63) is 29.1 Å². The van der Waals surface area contributed by atoms with Gasteiger partial charge in [0.2, 0.25) is 0 Å². The first-order valence-corrected chi connectivity index (χ1v) is 6.32. The van der Waals surface area contributed by atoms with Gasteiger partial charge in [-0.05, 0) is 55.7 Å². The quantitative estimate of drug-likeness (QED) is 0.795. The number of nitrogens with zero attached hydrogens (tertiary/aromatic N) is 1. The number of rotatable bonds is 1. The first-order chi connectivity index (χ1) is 7.89. The Morgan fingerprint density at radius 3 is 2.59 bits per heavy atom. The van der Waals surface area contributed by atoms with Crippen molar-refractivity contribution in [2.45, 2.75) is 47.0 Å². The molecule has 1 aliphatic carbocycles. The number of nitrogen functional groups attached to an aromatic ring is 1. The molecule has 2 N–H and O–H groups in total. The maximum absolute atomic E-state index is 6.15. The molecule has 0 aromatic carbocycles. The summed E-state index contributed by atoms with van der Waals surface area (Å²) in [6.45, 7) is 8.72. The summed E-state index contributed by atoms with van der Waals surface area (Å²) in [5, 5.41) is 0. The largest absolute Gasteiger partial charge is 0.397 e. The average Bonchev–Trinajstić information content (AvgIpc) is 2.24. The van der Waals surface area contributed by atoms with Gasteiger partial charge < -0.3 is 5.73 Å². The van der Waals surface area contributed by atoms with Gasteiger partial charge in [0.15, 0.2) is 0 Å². The maximum Gasteiger partial charge on any atom is 0.0893 e. The molecule has 0 saturated carbocycles. The van der Waals surface area contributed by atoms with E-state index in [2.05, 4.69) is 31.8 Å². The van der Waals surface area contributed by atoms with Crippen molar-refractivity contribution in [3.8, 4) is 0 Å². The fraction of sp³-hybridized carbons (Fsp3) is 0.533.